The highest BCUT2D eigenvalue weighted by Gasteiger charge is 2.61. The van der Waals surface area contributed by atoms with Crippen LogP contribution < -0.4 is 0 Å². The number of Topliss-reactive ketones (excluding diaryl/α,β-unsaturated/α-hetero) is 2. The zero-order valence-electron chi connectivity index (χ0n) is 12.7. The Morgan fingerprint density at radius 2 is 1.24 bits per heavy atom. The fraction of sp³-hybridized carbons (Fsp3) is 0.733. The first-order valence-corrected chi connectivity index (χ1v) is 6.93. The van der Waals surface area contributed by atoms with Crippen molar-refractivity contribution in [3.05, 3.63) is 0 Å². The molecule has 2 aliphatic rings. The monoisotopic (exact) mass is 296 g/mol. The van der Waals surface area contributed by atoms with E-state index < -0.39 is 34.6 Å². The Morgan fingerprint density at radius 1 is 0.905 bits per heavy atom. The van der Waals surface area contributed by atoms with Gasteiger partial charge in [-0.2, -0.15) is 0 Å². The molecule has 0 unspecified atom stereocenters. The SMILES string of the molecule is COC(=O)[C@H]1C[C@]2(C)C[C@@](C)(C[C@H](C(=O)OC)C2=O)C1=O. The largest absolute Gasteiger partial charge is 0.468 e. The van der Waals surface area contributed by atoms with E-state index in [0.29, 0.717) is 6.42 Å². The van der Waals surface area contributed by atoms with Gasteiger partial charge in [0.05, 0.1) is 14.2 Å². The molecule has 0 amide bonds. The normalized spacial score (nSPS) is 38.9. The number of ether oxygens (including phenoxy) is 2. The van der Waals surface area contributed by atoms with Crippen LogP contribution in [-0.4, -0.2) is 37.7 Å². The number of carbonyl (C=O) groups excluding carboxylic acids is 4. The van der Waals surface area contributed by atoms with Crippen LogP contribution in [0.3, 0.4) is 0 Å². The van der Waals surface area contributed by atoms with Gasteiger partial charge in [-0.1, -0.05) is 13.8 Å². The van der Waals surface area contributed by atoms with Crippen LogP contribution >= 0.6 is 0 Å². The lowest BCUT2D eigenvalue weighted by molar-refractivity contribution is -0.171. The molecule has 0 spiro atoms. The second-order valence-electron chi connectivity index (χ2n) is 6.59. The van der Waals surface area contributed by atoms with Gasteiger partial charge in [-0.25, -0.2) is 0 Å². The van der Waals surface area contributed by atoms with Crippen LogP contribution in [0.15, 0.2) is 0 Å². The van der Waals surface area contributed by atoms with Crippen LogP contribution in [0.4, 0.5) is 0 Å². The number of methoxy groups -OCH3 is 2. The molecular formula is C15H20O6. The molecule has 0 radical (unpaired) electrons. The van der Waals surface area contributed by atoms with E-state index in [2.05, 4.69) is 9.47 Å². The number of rotatable bonds is 2. The molecule has 2 bridgehead atoms. The Morgan fingerprint density at radius 3 is 1.52 bits per heavy atom. The number of ketones is 2. The fourth-order valence-electron chi connectivity index (χ4n) is 3.97. The lowest BCUT2D eigenvalue weighted by Crippen LogP contribution is -2.58. The molecule has 2 fully saturated rings. The van der Waals surface area contributed by atoms with Gasteiger partial charge in [-0.15, -0.1) is 0 Å². The summed E-state index contributed by atoms with van der Waals surface area (Å²) in [6, 6.07) is 0. The van der Waals surface area contributed by atoms with Crippen molar-refractivity contribution < 1.29 is 28.7 Å². The molecule has 4 atom stereocenters. The molecule has 0 aromatic carbocycles. The van der Waals surface area contributed by atoms with E-state index in [4.69, 9.17) is 0 Å². The predicted molar refractivity (Wildman–Crippen MR) is 71.1 cm³/mol. The van der Waals surface area contributed by atoms with Gasteiger partial charge in [0.15, 0.2) is 11.6 Å². The molecule has 0 heterocycles. The minimum Gasteiger partial charge on any atom is -0.468 e. The van der Waals surface area contributed by atoms with E-state index in [1.54, 1.807) is 13.8 Å². The highest BCUT2D eigenvalue weighted by Crippen LogP contribution is 2.55. The molecule has 2 aliphatic carbocycles. The zero-order chi connectivity index (χ0) is 16.0. The number of fused-ring (bicyclic) bond motifs is 2. The van der Waals surface area contributed by atoms with Crippen LogP contribution in [0.1, 0.15) is 33.1 Å². The molecule has 2 rings (SSSR count). The van der Waals surface area contributed by atoms with Gasteiger partial charge in [0.1, 0.15) is 11.8 Å². The summed E-state index contributed by atoms with van der Waals surface area (Å²) in [6.07, 6.45) is 0.555. The second kappa shape index (κ2) is 4.93. The second-order valence-corrected chi connectivity index (χ2v) is 6.59. The van der Waals surface area contributed by atoms with Crippen molar-refractivity contribution in [2.75, 3.05) is 14.2 Å². The van der Waals surface area contributed by atoms with E-state index in [0.717, 1.165) is 0 Å². The number of hydrogen-bond acceptors (Lipinski definition) is 6. The Bertz CT molecular complexity index is 478. The van der Waals surface area contributed by atoms with Gasteiger partial charge in [0.25, 0.3) is 0 Å². The summed E-state index contributed by atoms with van der Waals surface area (Å²) < 4.78 is 9.37. The Kier molecular flexibility index (Phi) is 3.68. The van der Waals surface area contributed by atoms with Crippen molar-refractivity contribution in [1.29, 1.82) is 0 Å². The van der Waals surface area contributed by atoms with Crippen LogP contribution in [0.25, 0.3) is 0 Å². The molecule has 0 N–H and O–H groups in total. The number of carbonyl (C=O) groups is 4. The van der Waals surface area contributed by atoms with Gasteiger partial charge < -0.3 is 9.47 Å². The predicted octanol–water partition coefficient (Wildman–Crippen LogP) is 0.913. The molecular weight excluding hydrogens is 276 g/mol. The third-order valence-electron chi connectivity index (χ3n) is 4.88. The first kappa shape index (κ1) is 15.7. The lowest BCUT2D eigenvalue weighted by atomic mass is 9.50. The third-order valence-corrected chi connectivity index (χ3v) is 4.88. The Labute approximate surface area is 123 Å². The summed E-state index contributed by atoms with van der Waals surface area (Å²) in [6.45, 7) is 3.43. The standard InChI is InChI=1S/C15H20O6/c1-14-5-8(12(18)20-3)11(17)15(2,7-14)6-9(10(14)16)13(19)21-4/h8-9H,5-7H2,1-4H3/t8-,9-,14+,15+/m0/s1. The van der Waals surface area contributed by atoms with Crippen molar-refractivity contribution >= 4 is 23.5 Å². The van der Waals surface area contributed by atoms with E-state index in [1.165, 1.54) is 14.2 Å². The summed E-state index contributed by atoms with van der Waals surface area (Å²) in [7, 11) is 2.45. The minimum absolute atomic E-state index is 0.0976. The molecule has 2 saturated carbocycles. The van der Waals surface area contributed by atoms with Crippen molar-refractivity contribution in [2.45, 2.75) is 33.1 Å². The number of esters is 2. The molecule has 6 heteroatoms. The van der Waals surface area contributed by atoms with Crippen molar-refractivity contribution in [2.24, 2.45) is 22.7 Å². The van der Waals surface area contributed by atoms with Crippen molar-refractivity contribution in [3.63, 3.8) is 0 Å². The molecule has 0 saturated heterocycles. The maximum atomic E-state index is 12.6. The van der Waals surface area contributed by atoms with Gasteiger partial charge in [-0.3, -0.25) is 19.2 Å². The molecule has 21 heavy (non-hydrogen) atoms. The first-order chi connectivity index (χ1) is 9.68. The minimum atomic E-state index is -0.929. The maximum absolute atomic E-state index is 12.6. The van der Waals surface area contributed by atoms with Crippen molar-refractivity contribution in [3.8, 4) is 0 Å². The van der Waals surface area contributed by atoms with Gasteiger partial charge in [0.2, 0.25) is 0 Å². The first-order valence-electron chi connectivity index (χ1n) is 6.93. The van der Waals surface area contributed by atoms with Crippen LogP contribution in [-0.2, 0) is 28.7 Å². The van der Waals surface area contributed by atoms with Gasteiger partial charge in [-0.05, 0) is 19.3 Å². The van der Waals surface area contributed by atoms with E-state index in [1.807, 2.05) is 0 Å². The number of hydrogen-bond donors (Lipinski definition) is 0. The summed E-state index contributed by atoms with van der Waals surface area (Å²) in [5.74, 6) is -3.56. The average Bonchev–Trinajstić information content (AvgIpc) is 2.45. The average molecular weight is 296 g/mol. The van der Waals surface area contributed by atoms with Gasteiger partial charge in [0, 0.05) is 10.8 Å². The maximum Gasteiger partial charge on any atom is 0.316 e. The fourth-order valence-corrected chi connectivity index (χ4v) is 3.97. The quantitative estimate of drug-likeness (QED) is 0.556. The Balaban J connectivity index is 2.43. The lowest BCUT2D eigenvalue weighted by Gasteiger charge is -2.50. The summed E-state index contributed by atoms with van der Waals surface area (Å²) >= 11 is 0. The molecule has 0 aliphatic heterocycles. The highest BCUT2D eigenvalue weighted by molar-refractivity contribution is 6.09. The molecule has 0 aromatic heterocycles. The summed E-state index contributed by atoms with van der Waals surface area (Å²) in [4.78, 5) is 48.8. The van der Waals surface area contributed by atoms with Crippen LogP contribution in [0.5, 0.6) is 0 Å². The zero-order valence-corrected chi connectivity index (χ0v) is 12.7. The third kappa shape index (κ3) is 2.26. The Hall–Kier alpha value is -1.72. The van der Waals surface area contributed by atoms with E-state index in [-0.39, 0.29) is 24.4 Å². The van der Waals surface area contributed by atoms with Crippen molar-refractivity contribution in [1.82, 2.24) is 0 Å². The van der Waals surface area contributed by atoms with E-state index in [9.17, 15) is 19.2 Å². The highest BCUT2D eigenvalue weighted by atomic mass is 16.5. The molecule has 0 aromatic rings. The van der Waals surface area contributed by atoms with Crippen LogP contribution in [0, 0.1) is 22.7 Å². The summed E-state index contributed by atoms with van der Waals surface area (Å²) in [5.41, 5.74) is -1.75. The molecule has 6 nitrogen and oxygen atoms in total. The van der Waals surface area contributed by atoms with Crippen LogP contribution in [0.2, 0.25) is 0 Å². The summed E-state index contributed by atoms with van der Waals surface area (Å²) in [5, 5.41) is 0. The van der Waals surface area contributed by atoms with E-state index >= 15 is 0 Å². The van der Waals surface area contributed by atoms with Gasteiger partial charge >= 0.3 is 11.9 Å². The smallest absolute Gasteiger partial charge is 0.316 e. The molecule has 116 valence electrons. The topological polar surface area (TPSA) is 86.7 Å².